The van der Waals surface area contributed by atoms with E-state index in [1.54, 1.807) is 11.3 Å². The fourth-order valence-electron chi connectivity index (χ4n) is 2.21. The van der Waals surface area contributed by atoms with Gasteiger partial charge < -0.3 is 9.88 Å². The van der Waals surface area contributed by atoms with Crippen LogP contribution in [-0.4, -0.2) is 9.55 Å². The van der Waals surface area contributed by atoms with E-state index in [1.165, 1.54) is 16.5 Å². The first-order valence-electron chi connectivity index (χ1n) is 6.08. The lowest BCUT2D eigenvalue weighted by Gasteiger charge is -2.00. The molecule has 0 fully saturated rings. The van der Waals surface area contributed by atoms with Crippen molar-refractivity contribution in [1.29, 1.82) is 0 Å². The van der Waals surface area contributed by atoms with Gasteiger partial charge >= 0.3 is 0 Å². The Balaban J connectivity index is 1.91. The molecule has 0 atom stereocenters. The molecule has 2 heterocycles. The number of fused-ring (bicyclic) bond motifs is 1. The minimum Gasteiger partial charge on any atom is -0.357 e. The van der Waals surface area contributed by atoms with Crippen LogP contribution in [0.5, 0.6) is 0 Å². The number of anilines is 1. The molecule has 0 aliphatic rings. The van der Waals surface area contributed by atoms with E-state index in [1.807, 2.05) is 11.6 Å². The van der Waals surface area contributed by atoms with Crippen LogP contribution in [0.4, 0.5) is 5.13 Å². The van der Waals surface area contributed by atoms with E-state index >= 15 is 0 Å². The van der Waals surface area contributed by atoms with Crippen LogP contribution < -0.4 is 5.32 Å². The monoisotopic (exact) mass is 257 g/mol. The molecule has 0 saturated heterocycles. The van der Waals surface area contributed by atoms with E-state index in [4.69, 9.17) is 0 Å². The van der Waals surface area contributed by atoms with E-state index in [2.05, 4.69) is 52.3 Å². The van der Waals surface area contributed by atoms with Crippen molar-refractivity contribution >= 4 is 27.4 Å². The molecule has 92 valence electrons. The largest absolute Gasteiger partial charge is 0.357 e. The van der Waals surface area contributed by atoms with Gasteiger partial charge in [-0.05, 0) is 18.6 Å². The Morgan fingerprint density at radius 3 is 3.00 bits per heavy atom. The van der Waals surface area contributed by atoms with Crippen molar-refractivity contribution in [3.05, 3.63) is 47.6 Å². The van der Waals surface area contributed by atoms with Gasteiger partial charge in [0.2, 0.25) is 0 Å². The zero-order valence-corrected chi connectivity index (χ0v) is 11.1. The summed E-state index contributed by atoms with van der Waals surface area (Å²) >= 11 is 1.63. The van der Waals surface area contributed by atoms with Gasteiger partial charge in [0.25, 0.3) is 0 Å². The number of aromatic nitrogens is 2. The van der Waals surface area contributed by atoms with Crippen molar-refractivity contribution in [2.45, 2.75) is 20.0 Å². The van der Waals surface area contributed by atoms with Crippen molar-refractivity contribution in [2.24, 2.45) is 0 Å². The molecule has 0 bridgehead atoms. The molecule has 1 aromatic carbocycles. The summed E-state index contributed by atoms with van der Waals surface area (Å²) in [7, 11) is 0. The number of thiazole rings is 1. The van der Waals surface area contributed by atoms with Crippen LogP contribution in [0, 0.1) is 0 Å². The van der Waals surface area contributed by atoms with E-state index in [9.17, 15) is 0 Å². The van der Waals surface area contributed by atoms with Crippen molar-refractivity contribution in [2.75, 3.05) is 5.32 Å². The Bertz CT molecular complexity index is 640. The minimum atomic E-state index is 0.820. The third-order valence-electron chi connectivity index (χ3n) is 3.07. The Morgan fingerprint density at radius 2 is 2.22 bits per heavy atom. The van der Waals surface area contributed by atoms with Gasteiger partial charge in [0.05, 0.1) is 0 Å². The summed E-state index contributed by atoms with van der Waals surface area (Å²) in [4.78, 5) is 4.24. The lowest BCUT2D eigenvalue weighted by atomic mass is 10.2. The molecule has 0 amide bonds. The lowest BCUT2D eigenvalue weighted by Crippen LogP contribution is -1.98. The number of aryl methyl sites for hydroxylation is 1. The van der Waals surface area contributed by atoms with Gasteiger partial charge in [-0.2, -0.15) is 0 Å². The van der Waals surface area contributed by atoms with Crippen LogP contribution in [0.15, 0.2) is 42.0 Å². The highest BCUT2D eigenvalue weighted by molar-refractivity contribution is 7.13. The fraction of sp³-hybridized carbons (Fsp3) is 0.214. The number of rotatable bonds is 4. The predicted molar refractivity (Wildman–Crippen MR) is 77.1 cm³/mol. The van der Waals surface area contributed by atoms with Crippen LogP contribution in [0.1, 0.15) is 12.5 Å². The topological polar surface area (TPSA) is 29.9 Å². The maximum absolute atomic E-state index is 4.24. The number of benzene rings is 1. The van der Waals surface area contributed by atoms with E-state index in [-0.39, 0.29) is 0 Å². The van der Waals surface area contributed by atoms with E-state index < -0.39 is 0 Å². The average molecular weight is 257 g/mol. The van der Waals surface area contributed by atoms with E-state index in [0.29, 0.717) is 0 Å². The maximum Gasteiger partial charge on any atom is 0.182 e. The molecular weight excluding hydrogens is 242 g/mol. The third kappa shape index (κ3) is 1.99. The molecule has 0 aliphatic heterocycles. The highest BCUT2D eigenvalue weighted by Crippen LogP contribution is 2.22. The fourth-order valence-corrected chi connectivity index (χ4v) is 2.73. The second-order valence-electron chi connectivity index (χ2n) is 4.15. The number of nitrogens with one attached hydrogen (secondary N) is 1. The highest BCUT2D eigenvalue weighted by Gasteiger charge is 2.06. The zero-order valence-electron chi connectivity index (χ0n) is 10.3. The van der Waals surface area contributed by atoms with Crippen molar-refractivity contribution < 1.29 is 0 Å². The van der Waals surface area contributed by atoms with Crippen molar-refractivity contribution in [3.8, 4) is 0 Å². The average Bonchev–Trinajstić information content (AvgIpc) is 3.04. The molecule has 0 aliphatic carbocycles. The SMILES string of the molecule is CCn1cc(CNc2nccs2)c2ccccc21. The van der Waals surface area contributed by atoms with Gasteiger partial charge in [0.15, 0.2) is 5.13 Å². The molecule has 3 rings (SSSR count). The summed E-state index contributed by atoms with van der Waals surface area (Å²) in [5, 5.41) is 7.65. The van der Waals surface area contributed by atoms with Crippen molar-refractivity contribution in [3.63, 3.8) is 0 Å². The summed E-state index contributed by atoms with van der Waals surface area (Å²) < 4.78 is 2.29. The number of para-hydroxylation sites is 1. The summed E-state index contributed by atoms with van der Waals surface area (Å²) in [6.45, 7) is 3.99. The van der Waals surface area contributed by atoms with Crippen LogP contribution in [0.2, 0.25) is 0 Å². The second kappa shape index (κ2) is 4.82. The van der Waals surface area contributed by atoms with Crippen LogP contribution in [0.3, 0.4) is 0 Å². The molecule has 0 spiro atoms. The predicted octanol–water partition coefficient (Wildman–Crippen LogP) is 3.73. The zero-order chi connectivity index (χ0) is 12.4. The number of nitrogens with zero attached hydrogens (tertiary/aromatic N) is 2. The highest BCUT2D eigenvalue weighted by atomic mass is 32.1. The quantitative estimate of drug-likeness (QED) is 0.771. The van der Waals surface area contributed by atoms with Gasteiger partial charge in [0, 0.05) is 41.8 Å². The van der Waals surface area contributed by atoms with Gasteiger partial charge in [-0.15, -0.1) is 11.3 Å². The Hall–Kier alpha value is -1.81. The first-order valence-corrected chi connectivity index (χ1v) is 6.96. The molecule has 3 aromatic rings. The third-order valence-corrected chi connectivity index (χ3v) is 3.80. The molecule has 4 heteroatoms. The molecule has 0 unspecified atom stereocenters. The number of hydrogen-bond acceptors (Lipinski definition) is 3. The molecule has 3 nitrogen and oxygen atoms in total. The van der Waals surface area contributed by atoms with Gasteiger partial charge in [0.1, 0.15) is 0 Å². The summed E-state index contributed by atoms with van der Waals surface area (Å²) in [5.41, 5.74) is 2.62. The Kier molecular flexibility index (Phi) is 3.02. The van der Waals surface area contributed by atoms with Crippen LogP contribution >= 0.6 is 11.3 Å². The smallest absolute Gasteiger partial charge is 0.182 e. The lowest BCUT2D eigenvalue weighted by molar-refractivity contribution is 0.793. The van der Waals surface area contributed by atoms with Crippen molar-refractivity contribution in [1.82, 2.24) is 9.55 Å². The summed E-state index contributed by atoms with van der Waals surface area (Å²) in [5.74, 6) is 0. The molecule has 2 aromatic heterocycles. The van der Waals surface area contributed by atoms with Gasteiger partial charge in [-0.1, -0.05) is 18.2 Å². The Morgan fingerprint density at radius 1 is 1.33 bits per heavy atom. The van der Waals surface area contributed by atoms with Crippen LogP contribution in [0.25, 0.3) is 10.9 Å². The molecule has 0 radical (unpaired) electrons. The molecule has 18 heavy (non-hydrogen) atoms. The number of hydrogen-bond donors (Lipinski definition) is 1. The second-order valence-corrected chi connectivity index (χ2v) is 5.04. The first kappa shape index (κ1) is 11.3. The minimum absolute atomic E-state index is 0.820. The van der Waals surface area contributed by atoms with Gasteiger partial charge in [-0.25, -0.2) is 4.98 Å². The first-order chi connectivity index (χ1) is 8.88. The normalized spacial score (nSPS) is 10.9. The Labute approximate surface area is 110 Å². The molecule has 0 saturated carbocycles. The maximum atomic E-state index is 4.24. The molecular formula is C14H15N3S. The van der Waals surface area contributed by atoms with Crippen LogP contribution in [-0.2, 0) is 13.1 Å². The summed E-state index contributed by atoms with van der Waals surface area (Å²) in [6, 6.07) is 8.54. The molecule has 1 N–H and O–H groups in total. The van der Waals surface area contributed by atoms with E-state index in [0.717, 1.165) is 18.2 Å². The standard InChI is InChI=1S/C14H15N3S/c1-2-17-10-11(9-16-14-15-7-8-18-14)12-5-3-4-6-13(12)17/h3-8,10H,2,9H2,1H3,(H,15,16). The van der Waals surface area contributed by atoms with Gasteiger partial charge in [-0.3, -0.25) is 0 Å². The summed E-state index contributed by atoms with van der Waals surface area (Å²) in [6.07, 6.45) is 4.05.